The lowest BCUT2D eigenvalue weighted by molar-refractivity contribution is 0.0527. The standard InChI is InChI=1S/C14H22N2O2S/c1-4-18-14(17)11-7-6-8-12(15)13(11)16-10(3)9-19-5-2/h6-8,10,16H,4-5,9,15H2,1-3H3. The highest BCUT2D eigenvalue weighted by molar-refractivity contribution is 7.99. The van der Waals surface area contributed by atoms with Gasteiger partial charge in [-0.1, -0.05) is 13.0 Å². The van der Waals surface area contributed by atoms with Crippen LogP contribution in [0, 0.1) is 0 Å². The molecule has 0 aliphatic rings. The van der Waals surface area contributed by atoms with E-state index in [0.717, 1.165) is 11.5 Å². The van der Waals surface area contributed by atoms with Crippen LogP contribution in [-0.4, -0.2) is 30.1 Å². The Labute approximate surface area is 119 Å². The van der Waals surface area contributed by atoms with Gasteiger partial charge in [-0.25, -0.2) is 4.79 Å². The number of hydrogen-bond donors (Lipinski definition) is 2. The van der Waals surface area contributed by atoms with Crippen molar-refractivity contribution in [1.29, 1.82) is 0 Å². The molecule has 1 unspecified atom stereocenters. The van der Waals surface area contributed by atoms with Crippen LogP contribution in [0.15, 0.2) is 18.2 Å². The maximum atomic E-state index is 11.9. The topological polar surface area (TPSA) is 64.3 Å². The molecule has 0 aliphatic heterocycles. The van der Waals surface area contributed by atoms with E-state index in [9.17, 15) is 4.79 Å². The summed E-state index contributed by atoms with van der Waals surface area (Å²) in [7, 11) is 0. The number of carbonyl (C=O) groups is 1. The van der Waals surface area contributed by atoms with Crippen LogP contribution in [0.3, 0.4) is 0 Å². The fourth-order valence-electron chi connectivity index (χ4n) is 1.69. The number of thioether (sulfide) groups is 1. The van der Waals surface area contributed by atoms with Gasteiger partial charge < -0.3 is 15.8 Å². The number of benzene rings is 1. The van der Waals surface area contributed by atoms with Crippen LogP contribution >= 0.6 is 11.8 Å². The Morgan fingerprint density at radius 1 is 1.47 bits per heavy atom. The van der Waals surface area contributed by atoms with Gasteiger partial charge in [0.05, 0.1) is 23.5 Å². The van der Waals surface area contributed by atoms with Crippen molar-refractivity contribution >= 4 is 29.1 Å². The Kier molecular flexibility index (Phi) is 6.56. The molecular weight excluding hydrogens is 260 g/mol. The van der Waals surface area contributed by atoms with E-state index < -0.39 is 0 Å². The summed E-state index contributed by atoms with van der Waals surface area (Å²) >= 11 is 1.85. The zero-order valence-corrected chi connectivity index (χ0v) is 12.5. The molecule has 0 fully saturated rings. The highest BCUT2D eigenvalue weighted by atomic mass is 32.2. The molecular formula is C14H22N2O2S. The Balaban J connectivity index is 2.88. The van der Waals surface area contributed by atoms with Crippen molar-refractivity contribution in [1.82, 2.24) is 0 Å². The van der Waals surface area contributed by atoms with E-state index in [4.69, 9.17) is 10.5 Å². The number of nitrogen functional groups attached to an aromatic ring is 1. The average molecular weight is 282 g/mol. The van der Waals surface area contributed by atoms with E-state index in [-0.39, 0.29) is 12.0 Å². The van der Waals surface area contributed by atoms with Gasteiger partial charge in [-0.3, -0.25) is 0 Å². The molecule has 0 spiro atoms. The highest BCUT2D eigenvalue weighted by Gasteiger charge is 2.16. The summed E-state index contributed by atoms with van der Waals surface area (Å²) < 4.78 is 5.05. The number of hydrogen-bond acceptors (Lipinski definition) is 5. The summed E-state index contributed by atoms with van der Waals surface area (Å²) in [5.74, 6) is 1.70. The summed E-state index contributed by atoms with van der Waals surface area (Å²) in [6.07, 6.45) is 0. The number of anilines is 2. The lowest BCUT2D eigenvalue weighted by Crippen LogP contribution is -2.21. The molecule has 0 bridgehead atoms. The Morgan fingerprint density at radius 3 is 2.84 bits per heavy atom. The highest BCUT2D eigenvalue weighted by Crippen LogP contribution is 2.25. The van der Waals surface area contributed by atoms with Gasteiger partial charge in [0.2, 0.25) is 0 Å². The SMILES string of the molecule is CCOC(=O)c1cccc(N)c1NC(C)CSCC. The fraction of sp³-hybridized carbons (Fsp3) is 0.500. The zero-order chi connectivity index (χ0) is 14.3. The molecule has 5 heteroatoms. The van der Waals surface area contributed by atoms with E-state index in [0.29, 0.717) is 23.5 Å². The predicted octanol–water partition coefficient (Wildman–Crippen LogP) is 3.00. The van der Waals surface area contributed by atoms with Crippen molar-refractivity contribution in [2.24, 2.45) is 0 Å². The molecule has 0 saturated heterocycles. The zero-order valence-electron chi connectivity index (χ0n) is 11.7. The first-order valence-corrected chi connectivity index (χ1v) is 7.65. The number of carbonyl (C=O) groups excluding carboxylic acids is 1. The smallest absolute Gasteiger partial charge is 0.340 e. The molecule has 1 rings (SSSR count). The van der Waals surface area contributed by atoms with Crippen LogP contribution < -0.4 is 11.1 Å². The number of ether oxygens (including phenoxy) is 1. The Hall–Kier alpha value is -1.36. The molecule has 0 saturated carbocycles. The third-order valence-electron chi connectivity index (χ3n) is 2.55. The Bertz CT molecular complexity index is 424. The molecule has 4 nitrogen and oxygen atoms in total. The number of nitrogens with one attached hydrogen (secondary N) is 1. The molecule has 1 aromatic carbocycles. The summed E-state index contributed by atoms with van der Waals surface area (Å²) in [5.41, 5.74) is 7.69. The van der Waals surface area contributed by atoms with Gasteiger partial charge in [0, 0.05) is 11.8 Å². The second-order valence-electron chi connectivity index (χ2n) is 4.20. The minimum absolute atomic E-state index is 0.239. The van der Waals surface area contributed by atoms with Crippen molar-refractivity contribution in [2.75, 3.05) is 29.2 Å². The molecule has 3 N–H and O–H groups in total. The van der Waals surface area contributed by atoms with Crippen LogP contribution in [0.5, 0.6) is 0 Å². The van der Waals surface area contributed by atoms with Gasteiger partial charge in [-0.05, 0) is 31.7 Å². The van der Waals surface area contributed by atoms with Gasteiger partial charge in [-0.15, -0.1) is 0 Å². The van der Waals surface area contributed by atoms with E-state index in [1.807, 2.05) is 11.8 Å². The fourth-order valence-corrected chi connectivity index (χ4v) is 2.37. The van der Waals surface area contributed by atoms with Crippen molar-refractivity contribution in [3.8, 4) is 0 Å². The first-order chi connectivity index (χ1) is 9.10. The van der Waals surface area contributed by atoms with Crippen molar-refractivity contribution in [3.05, 3.63) is 23.8 Å². The van der Waals surface area contributed by atoms with E-state index >= 15 is 0 Å². The van der Waals surface area contributed by atoms with Gasteiger partial charge >= 0.3 is 5.97 Å². The Morgan fingerprint density at radius 2 is 2.21 bits per heavy atom. The largest absolute Gasteiger partial charge is 0.462 e. The third-order valence-corrected chi connectivity index (χ3v) is 3.70. The molecule has 0 radical (unpaired) electrons. The number of rotatable bonds is 7. The van der Waals surface area contributed by atoms with E-state index in [2.05, 4.69) is 19.2 Å². The molecule has 0 aromatic heterocycles. The van der Waals surface area contributed by atoms with E-state index in [1.165, 1.54) is 0 Å². The summed E-state index contributed by atoms with van der Waals surface area (Å²) in [6.45, 7) is 6.34. The quantitative estimate of drug-likeness (QED) is 0.594. The van der Waals surface area contributed by atoms with Crippen molar-refractivity contribution in [3.63, 3.8) is 0 Å². The summed E-state index contributed by atoms with van der Waals surface area (Å²) in [5, 5.41) is 3.31. The second-order valence-corrected chi connectivity index (χ2v) is 5.51. The van der Waals surface area contributed by atoms with Crippen molar-refractivity contribution < 1.29 is 9.53 Å². The number of nitrogens with two attached hydrogens (primary N) is 1. The maximum Gasteiger partial charge on any atom is 0.340 e. The number of para-hydroxylation sites is 1. The minimum Gasteiger partial charge on any atom is -0.462 e. The lowest BCUT2D eigenvalue weighted by Gasteiger charge is -2.18. The van der Waals surface area contributed by atoms with Gasteiger partial charge in [0.25, 0.3) is 0 Å². The van der Waals surface area contributed by atoms with Crippen molar-refractivity contribution in [2.45, 2.75) is 26.8 Å². The molecule has 1 atom stereocenters. The predicted molar refractivity (Wildman–Crippen MR) is 82.9 cm³/mol. The second kappa shape index (κ2) is 7.94. The maximum absolute atomic E-state index is 11.9. The molecule has 19 heavy (non-hydrogen) atoms. The first kappa shape index (κ1) is 15.7. The molecule has 0 heterocycles. The van der Waals surface area contributed by atoms with Gasteiger partial charge in [-0.2, -0.15) is 11.8 Å². The molecule has 0 amide bonds. The third kappa shape index (κ3) is 4.67. The van der Waals surface area contributed by atoms with Crippen LogP contribution in [0.2, 0.25) is 0 Å². The van der Waals surface area contributed by atoms with Gasteiger partial charge in [0.15, 0.2) is 0 Å². The first-order valence-electron chi connectivity index (χ1n) is 6.50. The minimum atomic E-state index is -0.340. The lowest BCUT2D eigenvalue weighted by atomic mass is 10.1. The van der Waals surface area contributed by atoms with E-state index in [1.54, 1.807) is 25.1 Å². The molecule has 106 valence electrons. The van der Waals surface area contributed by atoms with Crippen LogP contribution in [-0.2, 0) is 4.74 Å². The number of esters is 1. The summed E-state index contributed by atoms with van der Waals surface area (Å²) in [4.78, 5) is 11.9. The van der Waals surface area contributed by atoms with Crippen LogP contribution in [0.25, 0.3) is 0 Å². The average Bonchev–Trinajstić information content (AvgIpc) is 2.39. The summed E-state index contributed by atoms with van der Waals surface area (Å²) in [6, 6.07) is 5.52. The normalized spacial score (nSPS) is 11.9. The van der Waals surface area contributed by atoms with Crippen LogP contribution in [0.1, 0.15) is 31.1 Å². The monoisotopic (exact) mass is 282 g/mol. The van der Waals surface area contributed by atoms with Gasteiger partial charge in [0.1, 0.15) is 0 Å². The molecule has 1 aromatic rings. The van der Waals surface area contributed by atoms with Crippen LogP contribution in [0.4, 0.5) is 11.4 Å². The molecule has 0 aliphatic carbocycles.